The van der Waals surface area contributed by atoms with E-state index in [0.717, 1.165) is 55.2 Å². The zero-order valence-corrected chi connectivity index (χ0v) is 18.9. The average Bonchev–Trinajstić information content (AvgIpc) is 2.77. The van der Waals surface area contributed by atoms with Crippen molar-refractivity contribution in [3.8, 4) is 0 Å². The number of carboxylic acids is 1. The topological polar surface area (TPSA) is 71.0 Å². The Hall–Kier alpha value is -2.28. The van der Waals surface area contributed by atoms with E-state index >= 15 is 0 Å². The summed E-state index contributed by atoms with van der Waals surface area (Å²) in [5, 5.41) is 13.6. The number of carbonyl (C=O) groups is 1. The van der Waals surface area contributed by atoms with E-state index in [1.165, 1.54) is 0 Å². The van der Waals surface area contributed by atoms with E-state index in [0.29, 0.717) is 17.7 Å². The van der Waals surface area contributed by atoms with E-state index in [2.05, 4.69) is 29.3 Å². The summed E-state index contributed by atoms with van der Waals surface area (Å²) in [6.07, 6.45) is 1.99. The molecule has 2 aromatic rings. The molecule has 1 aliphatic rings. The number of methoxy groups -OCH3 is 1. The molecule has 0 amide bonds. The summed E-state index contributed by atoms with van der Waals surface area (Å²) >= 11 is 6.05. The molecule has 2 aromatic carbocycles. The first-order chi connectivity index (χ1) is 15.0. The maximum absolute atomic E-state index is 11.4. The van der Waals surface area contributed by atoms with Crippen LogP contribution in [0.15, 0.2) is 42.5 Å². The molecule has 6 nitrogen and oxygen atoms in total. The van der Waals surface area contributed by atoms with E-state index in [1.807, 2.05) is 30.3 Å². The molecule has 0 aromatic heterocycles. The van der Waals surface area contributed by atoms with Crippen LogP contribution >= 0.6 is 11.6 Å². The van der Waals surface area contributed by atoms with E-state index in [4.69, 9.17) is 21.1 Å². The molecule has 0 spiro atoms. The van der Waals surface area contributed by atoms with Crippen LogP contribution in [0.3, 0.4) is 0 Å². The minimum Gasteiger partial charge on any atom is -0.481 e. The van der Waals surface area contributed by atoms with Gasteiger partial charge in [0.2, 0.25) is 0 Å². The third-order valence-corrected chi connectivity index (χ3v) is 5.94. The summed E-state index contributed by atoms with van der Waals surface area (Å²) in [5.74, 6) is -1.06. The fourth-order valence-electron chi connectivity index (χ4n) is 4.15. The number of nitrogens with one attached hydrogen (secondary N) is 1. The number of anilines is 3. The molecular weight excluding hydrogens is 416 g/mol. The molecule has 3 rings (SSSR count). The highest BCUT2D eigenvalue weighted by Crippen LogP contribution is 2.36. The van der Waals surface area contributed by atoms with Gasteiger partial charge in [-0.05, 0) is 61.7 Å². The van der Waals surface area contributed by atoms with Gasteiger partial charge in [0.25, 0.3) is 0 Å². The van der Waals surface area contributed by atoms with Crippen molar-refractivity contribution in [3.63, 3.8) is 0 Å². The highest BCUT2D eigenvalue weighted by molar-refractivity contribution is 6.30. The highest BCUT2D eigenvalue weighted by atomic mass is 35.5. The third kappa shape index (κ3) is 6.35. The molecule has 7 heteroatoms. The minimum absolute atomic E-state index is 0.0189. The Morgan fingerprint density at radius 2 is 1.97 bits per heavy atom. The molecule has 0 aliphatic carbocycles. The lowest BCUT2D eigenvalue weighted by Crippen LogP contribution is -2.39. The average molecular weight is 447 g/mol. The number of hydrogen-bond donors (Lipinski definition) is 2. The summed E-state index contributed by atoms with van der Waals surface area (Å²) in [6.45, 7) is 4.93. The van der Waals surface area contributed by atoms with E-state index in [9.17, 15) is 9.90 Å². The van der Waals surface area contributed by atoms with Gasteiger partial charge in [-0.2, -0.15) is 0 Å². The first-order valence-corrected chi connectivity index (χ1v) is 11.1. The van der Waals surface area contributed by atoms with Gasteiger partial charge in [-0.15, -0.1) is 0 Å². The summed E-state index contributed by atoms with van der Waals surface area (Å²) in [4.78, 5) is 13.8. The van der Waals surface area contributed by atoms with Crippen LogP contribution in [0, 0.1) is 0 Å². The summed E-state index contributed by atoms with van der Waals surface area (Å²) in [6, 6.07) is 14.2. The molecule has 0 saturated carbocycles. The second-order valence-electron chi connectivity index (χ2n) is 7.79. The predicted octanol–water partition coefficient (Wildman–Crippen LogP) is 5.29. The van der Waals surface area contributed by atoms with Crippen LogP contribution in [0.4, 0.5) is 17.1 Å². The zero-order chi connectivity index (χ0) is 22.2. The number of hydrogen-bond acceptors (Lipinski definition) is 5. The van der Waals surface area contributed by atoms with E-state index in [1.54, 1.807) is 7.11 Å². The molecular formula is C24H31ClN2O4. The molecule has 2 N–H and O–H groups in total. The van der Waals surface area contributed by atoms with Crippen molar-refractivity contribution in [2.45, 2.75) is 38.1 Å². The maximum Gasteiger partial charge on any atom is 0.304 e. The van der Waals surface area contributed by atoms with E-state index in [-0.39, 0.29) is 12.3 Å². The van der Waals surface area contributed by atoms with Gasteiger partial charge in [-0.3, -0.25) is 4.79 Å². The summed E-state index contributed by atoms with van der Waals surface area (Å²) < 4.78 is 10.9. The van der Waals surface area contributed by atoms with Gasteiger partial charge < -0.3 is 24.8 Å². The maximum atomic E-state index is 11.4. The summed E-state index contributed by atoms with van der Waals surface area (Å²) in [7, 11) is 1.60. The number of rotatable bonds is 10. The molecule has 1 atom stereocenters. The Labute approximate surface area is 189 Å². The van der Waals surface area contributed by atoms with Crippen LogP contribution in [0.5, 0.6) is 0 Å². The van der Waals surface area contributed by atoms with Gasteiger partial charge in [0.15, 0.2) is 0 Å². The van der Waals surface area contributed by atoms with Gasteiger partial charge in [-0.1, -0.05) is 17.7 Å². The standard InChI is InChI=1S/C24H31ClN2O4/c1-3-27(21-10-12-31-13-11-21)23-9-4-17(18(16-30-2)15-24(28)29)14-22(23)26-20-7-5-19(25)6-8-20/h4-9,14,18,21,26H,3,10-13,15-16H2,1-2H3,(H,28,29)/t18-/m1/s1. The van der Waals surface area contributed by atoms with Gasteiger partial charge in [0.1, 0.15) is 0 Å². The predicted molar refractivity (Wildman–Crippen MR) is 125 cm³/mol. The normalized spacial score (nSPS) is 15.5. The van der Waals surface area contributed by atoms with Crippen molar-refractivity contribution < 1.29 is 19.4 Å². The van der Waals surface area contributed by atoms with Crippen LogP contribution in [0.25, 0.3) is 0 Å². The van der Waals surface area contributed by atoms with Crippen molar-refractivity contribution in [1.29, 1.82) is 0 Å². The second-order valence-corrected chi connectivity index (χ2v) is 8.22. The van der Waals surface area contributed by atoms with E-state index < -0.39 is 5.97 Å². The first kappa shape index (κ1) is 23.4. The number of benzene rings is 2. The Kier molecular flexibility index (Phi) is 8.58. The number of halogens is 1. The third-order valence-electron chi connectivity index (χ3n) is 5.69. The molecule has 0 radical (unpaired) electrons. The largest absolute Gasteiger partial charge is 0.481 e. The summed E-state index contributed by atoms with van der Waals surface area (Å²) in [5.41, 5.74) is 3.90. The van der Waals surface area contributed by atoms with Crippen LogP contribution in [0.2, 0.25) is 5.02 Å². The first-order valence-electron chi connectivity index (χ1n) is 10.7. The molecule has 168 valence electrons. The molecule has 1 saturated heterocycles. The molecule has 1 heterocycles. The fourth-order valence-corrected chi connectivity index (χ4v) is 4.28. The fraction of sp³-hybridized carbons (Fsp3) is 0.458. The zero-order valence-electron chi connectivity index (χ0n) is 18.1. The van der Waals surface area contributed by atoms with Gasteiger partial charge in [-0.25, -0.2) is 0 Å². The highest BCUT2D eigenvalue weighted by Gasteiger charge is 2.24. The molecule has 0 bridgehead atoms. The molecule has 0 unspecified atom stereocenters. The van der Waals surface area contributed by atoms with Crippen LogP contribution < -0.4 is 10.2 Å². The number of nitrogens with zero attached hydrogens (tertiary/aromatic N) is 1. The lowest BCUT2D eigenvalue weighted by atomic mass is 9.95. The van der Waals surface area contributed by atoms with Crippen molar-refractivity contribution >= 4 is 34.6 Å². The monoisotopic (exact) mass is 446 g/mol. The lowest BCUT2D eigenvalue weighted by molar-refractivity contribution is -0.137. The molecule has 1 aliphatic heterocycles. The van der Waals surface area contributed by atoms with Crippen LogP contribution in [-0.4, -0.2) is 50.6 Å². The quantitative estimate of drug-likeness (QED) is 0.516. The smallest absolute Gasteiger partial charge is 0.304 e. The Bertz CT molecular complexity index is 853. The number of ether oxygens (including phenoxy) is 2. The van der Waals surface area contributed by atoms with Crippen molar-refractivity contribution in [2.75, 3.05) is 43.7 Å². The van der Waals surface area contributed by atoms with Crippen molar-refractivity contribution in [2.24, 2.45) is 0 Å². The number of aliphatic carboxylic acids is 1. The van der Waals surface area contributed by atoms with Gasteiger partial charge in [0.05, 0.1) is 24.4 Å². The second kappa shape index (κ2) is 11.4. The van der Waals surface area contributed by atoms with Gasteiger partial charge >= 0.3 is 5.97 Å². The lowest BCUT2D eigenvalue weighted by Gasteiger charge is -2.37. The SMILES string of the molecule is CCN(c1ccc([C@@H](COC)CC(=O)O)cc1Nc1ccc(Cl)cc1)C1CCOCC1. The van der Waals surface area contributed by atoms with Crippen molar-refractivity contribution in [1.82, 2.24) is 0 Å². The van der Waals surface area contributed by atoms with Crippen LogP contribution in [-0.2, 0) is 14.3 Å². The van der Waals surface area contributed by atoms with Gasteiger partial charge in [0, 0.05) is 49.5 Å². The molecule has 31 heavy (non-hydrogen) atoms. The number of carboxylic acid groups (broad SMARTS) is 1. The molecule has 1 fully saturated rings. The minimum atomic E-state index is -0.837. The van der Waals surface area contributed by atoms with Crippen molar-refractivity contribution in [3.05, 3.63) is 53.1 Å². The Morgan fingerprint density at radius 3 is 2.58 bits per heavy atom. The Balaban J connectivity index is 1.99. The Morgan fingerprint density at radius 1 is 1.26 bits per heavy atom. The van der Waals surface area contributed by atoms with Crippen LogP contribution in [0.1, 0.15) is 37.7 Å².